The van der Waals surface area contributed by atoms with Crippen LogP contribution in [-0.4, -0.2) is 33.0 Å². The molecule has 1 aliphatic carbocycles. The fourth-order valence-electron chi connectivity index (χ4n) is 5.36. The van der Waals surface area contributed by atoms with Crippen molar-refractivity contribution in [3.05, 3.63) is 107 Å². The highest BCUT2D eigenvalue weighted by Gasteiger charge is 2.28. The Kier molecular flexibility index (Phi) is 7.67. The lowest BCUT2D eigenvalue weighted by molar-refractivity contribution is -0.124. The number of carbonyl (C=O) groups is 2. The minimum Gasteiger partial charge on any atom is -0.346 e. The Morgan fingerprint density at radius 1 is 1.08 bits per heavy atom. The van der Waals surface area contributed by atoms with E-state index >= 15 is 0 Å². The number of para-hydroxylation sites is 1. The van der Waals surface area contributed by atoms with Crippen LogP contribution in [0.3, 0.4) is 0 Å². The molecule has 1 aliphatic rings. The van der Waals surface area contributed by atoms with Crippen molar-refractivity contribution >= 4 is 34.5 Å². The molecule has 0 spiro atoms. The Morgan fingerprint density at radius 2 is 1.89 bits per heavy atom. The number of fused-ring (bicyclic) bond motifs is 2. The second-order valence-corrected chi connectivity index (χ2v) is 9.74. The molecule has 4 aromatic rings. The van der Waals surface area contributed by atoms with Crippen molar-refractivity contribution in [3.63, 3.8) is 0 Å². The maximum absolute atomic E-state index is 11.4. The number of benzene rings is 3. The number of hydrogen-bond acceptors (Lipinski definition) is 4. The first-order chi connectivity index (χ1) is 18.5. The van der Waals surface area contributed by atoms with Gasteiger partial charge < -0.3 is 9.88 Å². The van der Waals surface area contributed by atoms with Gasteiger partial charge in [-0.25, -0.2) is 5.48 Å². The predicted octanol–water partition coefficient (Wildman–Crippen LogP) is 5.31. The monoisotopic (exact) mass is 508 g/mol. The molecule has 7 nitrogen and oxygen atoms in total. The Bertz CT molecular complexity index is 1470. The first kappa shape index (κ1) is 25.4. The van der Waals surface area contributed by atoms with Gasteiger partial charge in [0.1, 0.15) is 0 Å². The summed E-state index contributed by atoms with van der Waals surface area (Å²) >= 11 is 0. The Hall–Kier alpha value is -4.20. The number of nitrogens with one attached hydrogen (secondary N) is 2. The van der Waals surface area contributed by atoms with Gasteiger partial charge in [0, 0.05) is 56.1 Å². The molecule has 0 radical (unpaired) electrons. The molecular weight excluding hydrogens is 476 g/mol. The average molecular weight is 509 g/mol. The third-order valence-electron chi connectivity index (χ3n) is 7.16. The number of amides is 2. The molecule has 1 unspecified atom stereocenters. The van der Waals surface area contributed by atoms with Gasteiger partial charge in [-0.15, -0.1) is 0 Å². The number of rotatable bonds is 9. The Labute approximate surface area is 222 Å². The molecule has 7 heteroatoms. The lowest BCUT2D eigenvalue weighted by atomic mass is 10.0. The molecule has 2 amide bonds. The van der Waals surface area contributed by atoms with Crippen LogP contribution < -0.4 is 10.8 Å². The van der Waals surface area contributed by atoms with Crippen LogP contribution in [0.4, 0.5) is 5.69 Å². The third kappa shape index (κ3) is 5.85. The van der Waals surface area contributed by atoms with Crippen molar-refractivity contribution in [2.24, 2.45) is 0 Å². The van der Waals surface area contributed by atoms with Crippen molar-refractivity contribution in [1.82, 2.24) is 14.9 Å². The summed E-state index contributed by atoms with van der Waals surface area (Å²) in [5.74, 6) is -0.622. The van der Waals surface area contributed by atoms with Crippen molar-refractivity contribution in [3.8, 4) is 0 Å². The lowest BCUT2D eigenvalue weighted by Gasteiger charge is -2.30. The maximum atomic E-state index is 11.4. The quantitative estimate of drug-likeness (QED) is 0.163. The minimum atomic E-state index is -0.545. The predicted molar refractivity (Wildman–Crippen MR) is 150 cm³/mol. The number of hydrogen-bond donors (Lipinski definition) is 3. The summed E-state index contributed by atoms with van der Waals surface area (Å²) in [5.41, 5.74) is 8.41. The summed E-state index contributed by atoms with van der Waals surface area (Å²) < 4.78 is 2.32. The van der Waals surface area contributed by atoms with Gasteiger partial charge in [0.05, 0.1) is 0 Å². The third-order valence-corrected chi connectivity index (χ3v) is 7.16. The van der Waals surface area contributed by atoms with Gasteiger partial charge in [-0.1, -0.05) is 48.5 Å². The van der Waals surface area contributed by atoms with Crippen LogP contribution in [0.25, 0.3) is 17.0 Å². The van der Waals surface area contributed by atoms with Crippen LogP contribution >= 0.6 is 0 Å². The first-order valence-corrected chi connectivity index (χ1v) is 12.9. The summed E-state index contributed by atoms with van der Waals surface area (Å²) in [4.78, 5) is 25.3. The molecule has 1 heterocycles. The molecule has 0 fully saturated rings. The standard InChI is InChI=1S/C31H32N4O3/c1-22(36)32-27-11-6-24(7-12-27)21-35(19-18-34-17-16-25-4-2-3-5-29(25)34)30-14-10-26-20-23(8-13-28(26)30)9-15-31(37)33-38/h2-9,11-13,15-17,20,30,38H,10,14,18-19,21H2,1H3,(H,32,36)(H,33,37)/b15-9+. The fourth-order valence-corrected chi connectivity index (χ4v) is 5.36. The van der Waals surface area contributed by atoms with Crippen LogP contribution in [0.1, 0.15) is 41.6 Å². The number of nitrogens with zero attached hydrogens (tertiary/aromatic N) is 2. The van der Waals surface area contributed by atoms with Crippen LogP contribution in [-0.2, 0) is 29.1 Å². The van der Waals surface area contributed by atoms with E-state index in [2.05, 4.69) is 75.6 Å². The highest BCUT2D eigenvalue weighted by molar-refractivity contribution is 5.91. The number of aromatic nitrogens is 1. The zero-order chi connectivity index (χ0) is 26.5. The first-order valence-electron chi connectivity index (χ1n) is 12.9. The molecule has 194 valence electrons. The van der Waals surface area contributed by atoms with E-state index in [1.165, 1.54) is 40.6 Å². The highest BCUT2D eigenvalue weighted by atomic mass is 16.5. The molecule has 38 heavy (non-hydrogen) atoms. The van der Waals surface area contributed by atoms with E-state index in [4.69, 9.17) is 5.21 Å². The van der Waals surface area contributed by atoms with Gasteiger partial charge in [-0.3, -0.25) is 19.7 Å². The zero-order valence-electron chi connectivity index (χ0n) is 21.4. The summed E-state index contributed by atoms with van der Waals surface area (Å²) in [6.45, 7) is 4.07. The molecule has 5 rings (SSSR count). The van der Waals surface area contributed by atoms with E-state index in [-0.39, 0.29) is 11.9 Å². The topological polar surface area (TPSA) is 86.6 Å². The number of hydroxylamine groups is 1. The molecule has 0 saturated heterocycles. The van der Waals surface area contributed by atoms with Gasteiger partial charge in [-0.2, -0.15) is 0 Å². The van der Waals surface area contributed by atoms with Crippen molar-refractivity contribution < 1.29 is 14.8 Å². The van der Waals surface area contributed by atoms with E-state index < -0.39 is 5.91 Å². The second kappa shape index (κ2) is 11.5. The van der Waals surface area contributed by atoms with Crippen molar-refractivity contribution in [1.29, 1.82) is 0 Å². The molecule has 0 aliphatic heterocycles. The molecular formula is C31H32N4O3. The fraction of sp³-hybridized carbons (Fsp3) is 0.226. The average Bonchev–Trinajstić information content (AvgIpc) is 3.54. The van der Waals surface area contributed by atoms with Gasteiger partial charge >= 0.3 is 0 Å². The van der Waals surface area contributed by atoms with E-state index in [9.17, 15) is 9.59 Å². The summed E-state index contributed by atoms with van der Waals surface area (Å²) in [5, 5.41) is 12.8. The van der Waals surface area contributed by atoms with E-state index in [0.29, 0.717) is 0 Å². The Balaban J connectivity index is 1.38. The maximum Gasteiger partial charge on any atom is 0.267 e. The molecule has 0 saturated carbocycles. The summed E-state index contributed by atoms with van der Waals surface area (Å²) in [6, 6.07) is 25.3. The SMILES string of the molecule is CC(=O)Nc1ccc(CN(CCn2ccc3ccccc32)C2CCc3cc(/C=C/C(=O)NO)ccc32)cc1. The summed E-state index contributed by atoms with van der Waals surface area (Å²) in [7, 11) is 0. The largest absolute Gasteiger partial charge is 0.346 e. The Morgan fingerprint density at radius 3 is 2.68 bits per heavy atom. The van der Waals surface area contributed by atoms with Crippen LogP contribution in [0.5, 0.6) is 0 Å². The van der Waals surface area contributed by atoms with Crippen LogP contribution in [0.2, 0.25) is 0 Å². The van der Waals surface area contributed by atoms with Gasteiger partial charge in [0.15, 0.2) is 0 Å². The molecule has 1 atom stereocenters. The van der Waals surface area contributed by atoms with E-state index in [1.807, 2.05) is 18.2 Å². The second-order valence-electron chi connectivity index (χ2n) is 9.74. The van der Waals surface area contributed by atoms with E-state index in [0.717, 1.165) is 43.7 Å². The smallest absolute Gasteiger partial charge is 0.267 e. The normalized spacial score (nSPS) is 14.8. The summed E-state index contributed by atoms with van der Waals surface area (Å²) in [6.07, 6.45) is 7.19. The van der Waals surface area contributed by atoms with Gasteiger partial charge in [0.2, 0.25) is 5.91 Å². The number of anilines is 1. The molecule has 1 aromatic heterocycles. The van der Waals surface area contributed by atoms with Crippen LogP contribution in [0.15, 0.2) is 85.1 Å². The molecule has 0 bridgehead atoms. The van der Waals surface area contributed by atoms with Crippen LogP contribution in [0, 0.1) is 0 Å². The van der Waals surface area contributed by atoms with E-state index in [1.54, 1.807) is 11.6 Å². The highest BCUT2D eigenvalue weighted by Crippen LogP contribution is 2.37. The zero-order valence-corrected chi connectivity index (χ0v) is 21.4. The number of aryl methyl sites for hydroxylation is 1. The number of carbonyl (C=O) groups excluding carboxylic acids is 2. The van der Waals surface area contributed by atoms with Gasteiger partial charge in [-0.05, 0) is 70.8 Å². The van der Waals surface area contributed by atoms with Crippen molar-refractivity contribution in [2.45, 2.75) is 38.9 Å². The minimum absolute atomic E-state index is 0.0768. The molecule has 3 aromatic carbocycles. The lowest BCUT2D eigenvalue weighted by Crippen LogP contribution is -2.30. The van der Waals surface area contributed by atoms with Gasteiger partial charge in [0.25, 0.3) is 5.91 Å². The molecule has 3 N–H and O–H groups in total. The van der Waals surface area contributed by atoms with Crippen molar-refractivity contribution in [2.75, 3.05) is 11.9 Å².